The minimum atomic E-state index is -0.203. The summed E-state index contributed by atoms with van der Waals surface area (Å²) in [5.74, 6) is 0.357. The highest BCUT2D eigenvalue weighted by Gasteiger charge is 2.07. The minimum absolute atomic E-state index is 0.203. The number of hydrogen-bond donors (Lipinski definition) is 2. The smallest absolute Gasteiger partial charge is 0.271 e. The highest BCUT2D eigenvalue weighted by Crippen LogP contribution is 2.22. The number of carbonyl (C=O) groups excluding carboxylic acids is 1. The molecule has 0 fully saturated rings. The van der Waals surface area contributed by atoms with Crippen molar-refractivity contribution in [3.05, 3.63) is 46.6 Å². The van der Waals surface area contributed by atoms with Gasteiger partial charge in [-0.2, -0.15) is 0 Å². The van der Waals surface area contributed by atoms with E-state index in [1.54, 1.807) is 12.1 Å². The number of carbonyl (C=O) groups is 1. The number of anilines is 2. The van der Waals surface area contributed by atoms with E-state index in [4.69, 9.17) is 11.6 Å². The molecule has 1 amide bonds. The van der Waals surface area contributed by atoms with E-state index in [0.717, 1.165) is 24.1 Å². The van der Waals surface area contributed by atoms with Crippen molar-refractivity contribution < 1.29 is 4.79 Å². The predicted molar refractivity (Wildman–Crippen MR) is 88.7 cm³/mol. The lowest BCUT2D eigenvalue weighted by molar-refractivity contribution is 0.0947. The van der Waals surface area contributed by atoms with Gasteiger partial charge < -0.3 is 10.6 Å². The summed E-state index contributed by atoms with van der Waals surface area (Å²) < 4.78 is 0. The lowest BCUT2D eigenvalue weighted by Crippen LogP contribution is -2.25. The van der Waals surface area contributed by atoms with E-state index in [2.05, 4.69) is 27.8 Å². The third-order valence-electron chi connectivity index (χ3n) is 3.16. The molecule has 22 heavy (non-hydrogen) atoms. The van der Waals surface area contributed by atoms with E-state index in [-0.39, 0.29) is 5.91 Å². The van der Waals surface area contributed by atoms with E-state index in [1.807, 2.05) is 25.1 Å². The van der Waals surface area contributed by atoms with Crippen LogP contribution in [0.1, 0.15) is 35.8 Å². The molecule has 0 aliphatic rings. The third-order valence-corrected chi connectivity index (χ3v) is 3.56. The van der Waals surface area contributed by atoms with Gasteiger partial charge in [-0.1, -0.05) is 31.0 Å². The van der Waals surface area contributed by atoms with E-state index in [0.29, 0.717) is 23.1 Å². The highest BCUT2D eigenvalue weighted by molar-refractivity contribution is 6.31. The van der Waals surface area contributed by atoms with E-state index in [9.17, 15) is 4.79 Å². The van der Waals surface area contributed by atoms with Crippen molar-refractivity contribution in [2.24, 2.45) is 0 Å². The van der Waals surface area contributed by atoms with E-state index in [1.165, 1.54) is 0 Å². The molecule has 0 atom stereocenters. The largest absolute Gasteiger partial charge is 0.351 e. The Labute approximate surface area is 135 Å². The Hall–Kier alpha value is -2.14. The first-order chi connectivity index (χ1) is 10.6. The maximum absolute atomic E-state index is 11.8. The Morgan fingerprint density at radius 1 is 1.23 bits per heavy atom. The average molecular weight is 319 g/mol. The molecular formula is C16H19ClN4O. The molecule has 1 heterocycles. The first kappa shape index (κ1) is 16.2. The van der Waals surface area contributed by atoms with Gasteiger partial charge in [0.1, 0.15) is 0 Å². The highest BCUT2D eigenvalue weighted by atomic mass is 35.5. The fourth-order valence-corrected chi connectivity index (χ4v) is 1.99. The number of aromatic nitrogens is 2. The number of benzene rings is 1. The van der Waals surface area contributed by atoms with Crippen LogP contribution in [0.2, 0.25) is 5.02 Å². The maximum Gasteiger partial charge on any atom is 0.271 e. The summed E-state index contributed by atoms with van der Waals surface area (Å²) in [6.45, 7) is 4.67. The Morgan fingerprint density at radius 2 is 2.05 bits per heavy atom. The van der Waals surface area contributed by atoms with Gasteiger partial charge in [-0.25, -0.2) is 0 Å². The Balaban J connectivity index is 1.99. The van der Waals surface area contributed by atoms with Gasteiger partial charge in [-0.05, 0) is 43.2 Å². The second-order valence-corrected chi connectivity index (χ2v) is 5.41. The number of amides is 1. The third kappa shape index (κ3) is 4.43. The zero-order valence-electron chi connectivity index (χ0n) is 12.7. The van der Waals surface area contributed by atoms with Gasteiger partial charge in [0, 0.05) is 17.3 Å². The second kappa shape index (κ2) is 7.75. The van der Waals surface area contributed by atoms with Gasteiger partial charge in [-0.3, -0.25) is 4.79 Å². The molecule has 0 saturated heterocycles. The standard InChI is InChI=1S/C16H19ClN4O/c1-3-4-9-18-16(22)14-7-8-15(21-20-14)19-12-6-5-11(2)13(17)10-12/h5-8,10H,3-4,9H2,1-2H3,(H,18,22)(H,19,21). The number of nitrogens with zero attached hydrogens (tertiary/aromatic N) is 2. The van der Waals surface area contributed by atoms with Crippen LogP contribution in [0.15, 0.2) is 30.3 Å². The topological polar surface area (TPSA) is 66.9 Å². The van der Waals surface area contributed by atoms with Gasteiger partial charge in [0.2, 0.25) is 0 Å². The van der Waals surface area contributed by atoms with Crippen LogP contribution in [0, 0.1) is 6.92 Å². The van der Waals surface area contributed by atoms with Gasteiger partial charge in [0.25, 0.3) is 5.91 Å². The zero-order chi connectivity index (χ0) is 15.9. The SMILES string of the molecule is CCCCNC(=O)c1ccc(Nc2ccc(C)c(Cl)c2)nn1. The van der Waals surface area contributed by atoms with Crippen LogP contribution in [-0.2, 0) is 0 Å². The first-order valence-corrected chi connectivity index (χ1v) is 7.63. The van der Waals surface area contributed by atoms with Crippen LogP contribution in [0.3, 0.4) is 0 Å². The van der Waals surface area contributed by atoms with Gasteiger partial charge in [-0.15, -0.1) is 10.2 Å². The molecule has 2 rings (SSSR count). The van der Waals surface area contributed by atoms with Crippen molar-refractivity contribution in [3.63, 3.8) is 0 Å². The lowest BCUT2D eigenvalue weighted by Gasteiger charge is -2.07. The van der Waals surface area contributed by atoms with Gasteiger partial charge in [0.05, 0.1) is 0 Å². The number of aryl methyl sites for hydroxylation is 1. The summed E-state index contributed by atoms with van der Waals surface area (Å²) in [4.78, 5) is 11.8. The van der Waals surface area contributed by atoms with Crippen LogP contribution in [0.4, 0.5) is 11.5 Å². The molecule has 0 bridgehead atoms. The maximum atomic E-state index is 11.8. The van der Waals surface area contributed by atoms with Crippen molar-refractivity contribution in [1.82, 2.24) is 15.5 Å². The van der Waals surface area contributed by atoms with Crippen LogP contribution in [-0.4, -0.2) is 22.6 Å². The molecule has 2 N–H and O–H groups in total. The van der Waals surface area contributed by atoms with E-state index < -0.39 is 0 Å². The fraction of sp³-hybridized carbons (Fsp3) is 0.312. The molecule has 0 saturated carbocycles. The molecule has 0 aliphatic carbocycles. The molecule has 0 unspecified atom stereocenters. The summed E-state index contributed by atoms with van der Waals surface area (Å²) in [5, 5.41) is 14.5. The molecule has 116 valence electrons. The second-order valence-electron chi connectivity index (χ2n) is 5.00. The number of nitrogens with one attached hydrogen (secondary N) is 2. The van der Waals surface area contributed by atoms with Crippen molar-refractivity contribution in [2.75, 3.05) is 11.9 Å². The van der Waals surface area contributed by atoms with Crippen molar-refractivity contribution >= 4 is 29.0 Å². The molecule has 0 radical (unpaired) electrons. The van der Waals surface area contributed by atoms with Crippen LogP contribution >= 0.6 is 11.6 Å². The summed E-state index contributed by atoms with van der Waals surface area (Å²) >= 11 is 6.08. The van der Waals surface area contributed by atoms with E-state index >= 15 is 0 Å². The number of rotatable bonds is 6. The summed E-state index contributed by atoms with van der Waals surface area (Å²) in [6, 6.07) is 9.02. The summed E-state index contributed by atoms with van der Waals surface area (Å²) in [7, 11) is 0. The minimum Gasteiger partial charge on any atom is -0.351 e. The monoisotopic (exact) mass is 318 g/mol. The molecular weight excluding hydrogens is 300 g/mol. The number of unbranched alkanes of at least 4 members (excludes halogenated alkanes) is 1. The average Bonchev–Trinajstić information content (AvgIpc) is 2.52. The molecule has 1 aromatic carbocycles. The quantitative estimate of drug-likeness (QED) is 0.797. The molecule has 5 nitrogen and oxygen atoms in total. The number of halogens is 1. The Morgan fingerprint density at radius 3 is 2.68 bits per heavy atom. The Bertz CT molecular complexity index is 643. The van der Waals surface area contributed by atoms with Crippen molar-refractivity contribution in [1.29, 1.82) is 0 Å². The molecule has 0 aliphatic heterocycles. The predicted octanol–water partition coefficient (Wildman–Crippen LogP) is 3.71. The van der Waals surface area contributed by atoms with Gasteiger partial charge in [0.15, 0.2) is 11.5 Å². The van der Waals surface area contributed by atoms with Crippen LogP contribution in [0.25, 0.3) is 0 Å². The van der Waals surface area contributed by atoms with Crippen molar-refractivity contribution in [3.8, 4) is 0 Å². The normalized spacial score (nSPS) is 10.3. The lowest BCUT2D eigenvalue weighted by atomic mass is 10.2. The van der Waals surface area contributed by atoms with Crippen LogP contribution < -0.4 is 10.6 Å². The fourth-order valence-electron chi connectivity index (χ4n) is 1.81. The number of hydrogen-bond acceptors (Lipinski definition) is 4. The van der Waals surface area contributed by atoms with Gasteiger partial charge >= 0.3 is 0 Å². The molecule has 1 aromatic heterocycles. The molecule has 6 heteroatoms. The Kier molecular flexibility index (Phi) is 5.72. The molecule has 2 aromatic rings. The zero-order valence-corrected chi connectivity index (χ0v) is 13.4. The van der Waals surface area contributed by atoms with Crippen molar-refractivity contribution in [2.45, 2.75) is 26.7 Å². The van der Waals surface area contributed by atoms with Crippen LogP contribution in [0.5, 0.6) is 0 Å². The molecule has 0 spiro atoms. The first-order valence-electron chi connectivity index (χ1n) is 7.25. The summed E-state index contributed by atoms with van der Waals surface area (Å²) in [6.07, 6.45) is 1.99. The summed E-state index contributed by atoms with van der Waals surface area (Å²) in [5.41, 5.74) is 2.14.